The molecule has 13 heavy (non-hydrogen) atoms. The molecule has 4 nitrogen and oxygen atoms in total. The van der Waals surface area contributed by atoms with Crippen molar-refractivity contribution in [1.29, 1.82) is 0 Å². The first-order valence-corrected chi connectivity index (χ1v) is 3.83. The van der Waals surface area contributed by atoms with E-state index < -0.39 is 12.0 Å². The van der Waals surface area contributed by atoms with Crippen LogP contribution in [0.4, 0.5) is 0 Å². The molecule has 0 amide bonds. The Balaban J connectivity index is 2.60. The Morgan fingerprint density at radius 2 is 2.00 bits per heavy atom. The molecule has 0 aliphatic heterocycles. The zero-order valence-electron chi connectivity index (χ0n) is 7.14. The Morgan fingerprint density at radius 1 is 1.38 bits per heavy atom. The maximum Gasteiger partial charge on any atom is 0.339 e. The summed E-state index contributed by atoms with van der Waals surface area (Å²) >= 11 is 0. The number of carbonyl (C=O) groups excluding carboxylic acids is 1. The fraction of sp³-hybridized carbons (Fsp3) is 0.222. The van der Waals surface area contributed by atoms with Gasteiger partial charge < -0.3 is 4.74 Å². The predicted molar refractivity (Wildman–Crippen MR) is 47.3 cm³/mol. The third-order valence-corrected chi connectivity index (χ3v) is 1.46. The van der Waals surface area contributed by atoms with E-state index in [1.54, 1.807) is 30.3 Å². The molecule has 4 heteroatoms. The lowest BCUT2D eigenvalue weighted by molar-refractivity contribution is -0.135. The van der Waals surface area contributed by atoms with E-state index in [9.17, 15) is 9.70 Å². The zero-order valence-corrected chi connectivity index (χ0v) is 7.14. The SMILES string of the molecule is C[C@H](N=O)C(=O)Oc1ccccc1. The number of nitrogens with zero attached hydrogens (tertiary/aromatic N) is 1. The highest BCUT2D eigenvalue weighted by Crippen LogP contribution is 2.09. The number of rotatable bonds is 3. The first-order chi connectivity index (χ1) is 6.24. The van der Waals surface area contributed by atoms with E-state index in [4.69, 9.17) is 4.74 Å². The van der Waals surface area contributed by atoms with Crippen molar-refractivity contribution in [2.24, 2.45) is 5.18 Å². The summed E-state index contributed by atoms with van der Waals surface area (Å²) in [6, 6.07) is 7.59. The van der Waals surface area contributed by atoms with E-state index in [1.165, 1.54) is 6.92 Å². The standard InChI is InChI=1S/C9H9NO3/c1-7(10-12)9(11)13-8-5-3-2-4-6-8/h2-7H,1H3/t7-/m0/s1. The van der Waals surface area contributed by atoms with Gasteiger partial charge in [0.2, 0.25) is 0 Å². The zero-order chi connectivity index (χ0) is 9.68. The van der Waals surface area contributed by atoms with Crippen LogP contribution in [0.1, 0.15) is 6.92 Å². The molecule has 1 rings (SSSR count). The Morgan fingerprint density at radius 3 is 2.54 bits per heavy atom. The van der Waals surface area contributed by atoms with Gasteiger partial charge in [-0.3, -0.25) is 0 Å². The fourth-order valence-corrected chi connectivity index (χ4v) is 0.733. The largest absolute Gasteiger partial charge is 0.425 e. The molecule has 0 radical (unpaired) electrons. The number of hydrogen-bond donors (Lipinski definition) is 0. The summed E-state index contributed by atoms with van der Waals surface area (Å²) in [7, 11) is 0. The van der Waals surface area contributed by atoms with Crippen molar-refractivity contribution < 1.29 is 9.53 Å². The number of ether oxygens (including phenoxy) is 1. The van der Waals surface area contributed by atoms with Crippen LogP contribution in [0, 0.1) is 4.91 Å². The van der Waals surface area contributed by atoms with E-state index in [-0.39, 0.29) is 0 Å². The minimum Gasteiger partial charge on any atom is -0.425 e. The van der Waals surface area contributed by atoms with Gasteiger partial charge in [-0.05, 0) is 19.1 Å². The molecule has 68 valence electrons. The van der Waals surface area contributed by atoms with Crippen molar-refractivity contribution in [3.8, 4) is 5.75 Å². The summed E-state index contributed by atoms with van der Waals surface area (Å²) in [4.78, 5) is 21.0. The second kappa shape index (κ2) is 4.35. The molecule has 0 heterocycles. The molecule has 0 aromatic heterocycles. The number of nitroso groups, excluding NO2 is 1. The first-order valence-electron chi connectivity index (χ1n) is 3.83. The van der Waals surface area contributed by atoms with Crippen LogP contribution < -0.4 is 4.74 Å². The molecular weight excluding hydrogens is 170 g/mol. The monoisotopic (exact) mass is 179 g/mol. The van der Waals surface area contributed by atoms with E-state index in [1.807, 2.05) is 0 Å². The topological polar surface area (TPSA) is 55.7 Å². The highest BCUT2D eigenvalue weighted by Gasteiger charge is 2.14. The van der Waals surface area contributed by atoms with Crippen LogP contribution in [-0.2, 0) is 4.79 Å². The fourth-order valence-electron chi connectivity index (χ4n) is 0.733. The van der Waals surface area contributed by atoms with E-state index in [0.29, 0.717) is 5.75 Å². The summed E-state index contributed by atoms with van der Waals surface area (Å²) in [6.45, 7) is 1.39. The highest BCUT2D eigenvalue weighted by molar-refractivity contribution is 5.77. The molecule has 1 aromatic rings. The van der Waals surface area contributed by atoms with Crippen molar-refractivity contribution in [3.05, 3.63) is 35.2 Å². The highest BCUT2D eigenvalue weighted by atomic mass is 16.5. The number of benzene rings is 1. The number of esters is 1. The summed E-state index contributed by atoms with van der Waals surface area (Å²) in [6.07, 6.45) is 0. The molecule has 1 aromatic carbocycles. The molecule has 0 bridgehead atoms. The van der Waals surface area contributed by atoms with Gasteiger partial charge in [0.05, 0.1) is 0 Å². The van der Waals surface area contributed by atoms with Gasteiger partial charge in [-0.25, -0.2) is 4.79 Å². The second-order valence-corrected chi connectivity index (χ2v) is 2.52. The molecule has 0 unspecified atom stereocenters. The van der Waals surface area contributed by atoms with Gasteiger partial charge in [0, 0.05) is 0 Å². The second-order valence-electron chi connectivity index (χ2n) is 2.52. The average Bonchev–Trinajstić information content (AvgIpc) is 2.18. The summed E-state index contributed by atoms with van der Waals surface area (Å²) in [5.41, 5.74) is 0. The molecule has 1 atom stereocenters. The number of hydrogen-bond acceptors (Lipinski definition) is 4. The van der Waals surface area contributed by atoms with Crippen molar-refractivity contribution in [1.82, 2.24) is 0 Å². The minimum absolute atomic E-state index is 0.419. The Hall–Kier alpha value is -1.71. The summed E-state index contributed by atoms with van der Waals surface area (Å²) < 4.78 is 4.83. The molecule has 0 fully saturated rings. The molecular formula is C9H9NO3. The van der Waals surface area contributed by atoms with Crippen molar-refractivity contribution >= 4 is 5.97 Å². The third kappa shape index (κ3) is 2.66. The van der Waals surface area contributed by atoms with E-state index >= 15 is 0 Å². The van der Waals surface area contributed by atoms with Crippen LogP contribution in [0.2, 0.25) is 0 Å². The van der Waals surface area contributed by atoms with E-state index in [2.05, 4.69) is 5.18 Å². The lowest BCUT2D eigenvalue weighted by atomic mass is 10.3. The van der Waals surface area contributed by atoms with Gasteiger partial charge in [0.25, 0.3) is 0 Å². The maximum atomic E-state index is 11.0. The molecule has 0 aliphatic rings. The Bertz CT molecular complexity index is 297. The smallest absolute Gasteiger partial charge is 0.339 e. The van der Waals surface area contributed by atoms with Gasteiger partial charge >= 0.3 is 5.97 Å². The van der Waals surface area contributed by atoms with Gasteiger partial charge in [0.15, 0.2) is 6.04 Å². The molecule has 0 saturated heterocycles. The van der Waals surface area contributed by atoms with Crippen LogP contribution in [0.3, 0.4) is 0 Å². The molecule has 0 spiro atoms. The lowest BCUT2D eigenvalue weighted by Gasteiger charge is -2.03. The number of para-hydroxylation sites is 1. The van der Waals surface area contributed by atoms with Gasteiger partial charge in [0.1, 0.15) is 5.75 Å². The van der Waals surface area contributed by atoms with Gasteiger partial charge in [-0.15, -0.1) is 4.91 Å². The van der Waals surface area contributed by atoms with Crippen molar-refractivity contribution in [2.75, 3.05) is 0 Å². The quantitative estimate of drug-likeness (QED) is 0.403. The van der Waals surface area contributed by atoms with Crippen LogP contribution in [0.15, 0.2) is 35.5 Å². The third-order valence-electron chi connectivity index (χ3n) is 1.46. The lowest BCUT2D eigenvalue weighted by Crippen LogP contribution is -2.20. The Kier molecular flexibility index (Phi) is 3.14. The molecule has 0 saturated carbocycles. The minimum atomic E-state index is -0.958. The van der Waals surface area contributed by atoms with Gasteiger partial charge in [-0.1, -0.05) is 23.4 Å². The molecule has 0 N–H and O–H groups in total. The summed E-state index contributed by atoms with van der Waals surface area (Å²) in [5.74, 6) is -0.218. The van der Waals surface area contributed by atoms with Crippen LogP contribution in [-0.4, -0.2) is 12.0 Å². The normalized spacial score (nSPS) is 11.8. The summed E-state index contributed by atoms with van der Waals surface area (Å²) in [5, 5.41) is 2.56. The average molecular weight is 179 g/mol. The first kappa shape index (κ1) is 9.38. The predicted octanol–water partition coefficient (Wildman–Crippen LogP) is 1.75. The van der Waals surface area contributed by atoms with Crippen molar-refractivity contribution in [2.45, 2.75) is 13.0 Å². The maximum absolute atomic E-state index is 11.0. The Labute approximate surface area is 75.5 Å². The van der Waals surface area contributed by atoms with Crippen LogP contribution >= 0.6 is 0 Å². The molecule has 0 aliphatic carbocycles. The van der Waals surface area contributed by atoms with E-state index in [0.717, 1.165) is 0 Å². The van der Waals surface area contributed by atoms with Crippen molar-refractivity contribution in [3.63, 3.8) is 0 Å². The van der Waals surface area contributed by atoms with Gasteiger partial charge in [-0.2, -0.15) is 0 Å². The number of carbonyl (C=O) groups is 1. The van der Waals surface area contributed by atoms with Crippen LogP contribution in [0.5, 0.6) is 5.75 Å². The van der Waals surface area contributed by atoms with Crippen LogP contribution in [0.25, 0.3) is 0 Å².